The summed E-state index contributed by atoms with van der Waals surface area (Å²) in [6.45, 7) is 0. The molecule has 0 amide bonds. The average molecular weight is 298 g/mol. The molecule has 0 spiro atoms. The van der Waals surface area contributed by atoms with Gasteiger partial charge in [-0.1, -0.05) is 0 Å². The van der Waals surface area contributed by atoms with Crippen LogP contribution in [0, 0.1) is 5.41 Å². The maximum atomic E-state index is 12.0. The van der Waals surface area contributed by atoms with Gasteiger partial charge < -0.3 is 19.7 Å². The van der Waals surface area contributed by atoms with E-state index in [-0.39, 0.29) is 0 Å². The lowest BCUT2D eigenvalue weighted by Gasteiger charge is -2.29. The first-order valence-corrected chi connectivity index (χ1v) is 5.35. The smallest absolute Gasteiger partial charge is 0.336 e. The van der Waals surface area contributed by atoms with Gasteiger partial charge >= 0.3 is 23.9 Å². The second-order valence-corrected chi connectivity index (χ2v) is 3.83. The molecular formula is C12H10O9. The maximum absolute atomic E-state index is 12.0. The number of hydrogen-bond acceptors (Lipinski definition) is 7. The van der Waals surface area contributed by atoms with Gasteiger partial charge in [-0.25, -0.2) is 19.2 Å². The molecule has 0 radical (unpaired) electrons. The predicted octanol–water partition coefficient (Wildman–Crippen LogP) is -1.08. The van der Waals surface area contributed by atoms with Crippen LogP contribution in [-0.4, -0.2) is 54.1 Å². The molecule has 0 unspecified atom stereocenters. The normalized spacial score (nSPS) is 16.4. The van der Waals surface area contributed by atoms with Crippen molar-refractivity contribution in [3.63, 3.8) is 0 Å². The Balaban J connectivity index is 3.88. The number of carbonyl (C=O) groups is 5. The zero-order valence-electron chi connectivity index (χ0n) is 10.9. The lowest BCUT2D eigenvalue weighted by atomic mass is 9.71. The number of ketones is 1. The van der Waals surface area contributed by atoms with Crippen molar-refractivity contribution in [2.24, 2.45) is 5.41 Å². The number of carboxylic acid groups (broad SMARTS) is 2. The minimum Gasteiger partial charge on any atom is -0.478 e. The molecule has 0 aliphatic heterocycles. The van der Waals surface area contributed by atoms with Crippen LogP contribution >= 0.6 is 0 Å². The first kappa shape index (κ1) is 16.1. The molecule has 0 saturated heterocycles. The van der Waals surface area contributed by atoms with Gasteiger partial charge in [-0.05, 0) is 12.2 Å². The summed E-state index contributed by atoms with van der Waals surface area (Å²) in [5.41, 5.74) is -5.11. The van der Waals surface area contributed by atoms with E-state index < -0.39 is 46.2 Å². The van der Waals surface area contributed by atoms with Crippen LogP contribution in [0.15, 0.2) is 23.3 Å². The van der Waals surface area contributed by atoms with Gasteiger partial charge in [0, 0.05) is 0 Å². The Morgan fingerprint density at radius 2 is 1.43 bits per heavy atom. The van der Waals surface area contributed by atoms with E-state index in [0.29, 0.717) is 12.2 Å². The van der Waals surface area contributed by atoms with Crippen molar-refractivity contribution >= 4 is 29.7 Å². The summed E-state index contributed by atoms with van der Waals surface area (Å²) in [5.74, 6) is -8.00. The average Bonchev–Trinajstić information content (AvgIpc) is 2.44. The third-order valence-corrected chi connectivity index (χ3v) is 2.84. The minimum absolute atomic E-state index is 0.615. The minimum atomic E-state index is -3.00. The first-order valence-electron chi connectivity index (χ1n) is 5.35. The van der Waals surface area contributed by atoms with Crippen LogP contribution in [0.1, 0.15) is 0 Å². The van der Waals surface area contributed by atoms with Crippen molar-refractivity contribution in [1.29, 1.82) is 0 Å². The topological polar surface area (TPSA) is 144 Å². The molecule has 0 aromatic rings. The summed E-state index contributed by atoms with van der Waals surface area (Å²) in [6, 6.07) is 0. The maximum Gasteiger partial charge on any atom is 0.336 e. The van der Waals surface area contributed by atoms with Gasteiger partial charge in [0.15, 0.2) is 5.78 Å². The van der Waals surface area contributed by atoms with Crippen molar-refractivity contribution in [2.75, 3.05) is 14.2 Å². The van der Waals surface area contributed by atoms with Crippen molar-refractivity contribution in [3.8, 4) is 0 Å². The molecule has 0 aromatic carbocycles. The molecule has 1 aliphatic carbocycles. The highest BCUT2D eigenvalue weighted by atomic mass is 16.5. The Morgan fingerprint density at radius 1 is 0.952 bits per heavy atom. The zero-order valence-corrected chi connectivity index (χ0v) is 10.9. The predicted molar refractivity (Wildman–Crippen MR) is 62.9 cm³/mol. The quantitative estimate of drug-likeness (QED) is 0.489. The van der Waals surface area contributed by atoms with Gasteiger partial charge in [-0.2, -0.15) is 0 Å². The number of hydrogen-bond donors (Lipinski definition) is 2. The molecule has 0 heterocycles. The summed E-state index contributed by atoms with van der Waals surface area (Å²) in [5, 5.41) is 18.2. The van der Waals surface area contributed by atoms with Gasteiger partial charge in [0.1, 0.15) is 0 Å². The van der Waals surface area contributed by atoms with Crippen LogP contribution in [0.5, 0.6) is 0 Å². The van der Waals surface area contributed by atoms with Gasteiger partial charge in [0.05, 0.1) is 25.4 Å². The second-order valence-electron chi connectivity index (χ2n) is 3.83. The fourth-order valence-corrected chi connectivity index (χ4v) is 1.94. The van der Waals surface area contributed by atoms with Gasteiger partial charge in [0.25, 0.3) is 5.41 Å². The first-order chi connectivity index (χ1) is 9.74. The lowest BCUT2D eigenvalue weighted by molar-refractivity contribution is -0.170. The number of esters is 2. The van der Waals surface area contributed by atoms with E-state index in [1.165, 1.54) is 0 Å². The highest BCUT2D eigenvalue weighted by molar-refractivity contribution is 6.32. The van der Waals surface area contributed by atoms with E-state index in [4.69, 9.17) is 5.11 Å². The van der Waals surface area contributed by atoms with E-state index in [1.807, 2.05) is 0 Å². The molecule has 0 bridgehead atoms. The van der Waals surface area contributed by atoms with Crippen molar-refractivity contribution in [3.05, 3.63) is 23.3 Å². The van der Waals surface area contributed by atoms with Gasteiger partial charge in [-0.15, -0.1) is 0 Å². The molecule has 112 valence electrons. The fraction of sp³-hybridized carbons (Fsp3) is 0.250. The highest BCUT2D eigenvalue weighted by Crippen LogP contribution is 2.38. The zero-order chi connectivity index (χ0) is 16.4. The van der Waals surface area contributed by atoms with E-state index >= 15 is 0 Å². The molecule has 0 aromatic heterocycles. The molecule has 9 nitrogen and oxygen atoms in total. The molecule has 0 saturated carbocycles. The standard InChI is InChI=1S/C12H10O9/c1-20-10(18)12(11(19)21-2)6(13)4-3-5(8(14)15)7(12)9(16)17/h3-4H,1-2H3,(H,14,15)(H,16,17). The van der Waals surface area contributed by atoms with E-state index in [9.17, 15) is 29.1 Å². The number of methoxy groups -OCH3 is 2. The SMILES string of the molecule is COC(=O)C1(C(=O)OC)C(=O)C=CC(C(=O)O)=C1C(=O)O. The molecular weight excluding hydrogens is 288 g/mol. The van der Waals surface area contributed by atoms with E-state index in [1.54, 1.807) is 0 Å². The molecule has 1 rings (SSSR count). The molecule has 2 N–H and O–H groups in total. The Hall–Kier alpha value is -2.97. The Bertz CT molecular complexity index is 592. The summed E-state index contributed by atoms with van der Waals surface area (Å²) >= 11 is 0. The van der Waals surface area contributed by atoms with E-state index in [0.717, 1.165) is 14.2 Å². The molecule has 9 heteroatoms. The fourth-order valence-electron chi connectivity index (χ4n) is 1.94. The summed E-state index contributed by atoms with van der Waals surface area (Å²) in [7, 11) is 1.64. The summed E-state index contributed by atoms with van der Waals surface area (Å²) in [6.07, 6.45) is 1.31. The lowest BCUT2D eigenvalue weighted by Crippen LogP contribution is -2.52. The molecule has 0 fully saturated rings. The largest absolute Gasteiger partial charge is 0.478 e. The number of rotatable bonds is 4. The molecule has 21 heavy (non-hydrogen) atoms. The number of ether oxygens (including phenoxy) is 2. The third-order valence-electron chi connectivity index (χ3n) is 2.84. The van der Waals surface area contributed by atoms with Gasteiger partial charge in [-0.3, -0.25) is 4.79 Å². The van der Waals surface area contributed by atoms with E-state index in [2.05, 4.69) is 9.47 Å². The van der Waals surface area contributed by atoms with Crippen molar-refractivity contribution in [2.45, 2.75) is 0 Å². The van der Waals surface area contributed by atoms with Crippen LogP contribution in [0.4, 0.5) is 0 Å². The number of carbonyl (C=O) groups excluding carboxylic acids is 3. The number of carboxylic acids is 2. The Labute approximate surface area is 117 Å². The van der Waals surface area contributed by atoms with Gasteiger partial charge in [0.2, 0.25) is 0 Å². The van der Waals surface area contributed by atoms with Crippen LogP contribution in [-0.2, 0) is 33.4 Å². The Kier molecular flexibility index (Phi) is 4.27. The van der Waals surface area contributed by atoms with Crippen LogP contribution in [0.3, 0.4) is 0 Å². The second kappa shape index (κ2) is 5.57. The van der Waals surface area contributed by atoms with Crippen molar-refractivity contribution in [1.82, 2.24) is 0 Å². The number of aliphatic carboxylic acids is 2. The van der Waals surface area contributed by atoms with Crippen LogP contribution in [0.2, 0.25) is 0 Å². The molecule has 0 atom stereocenters. The van der Waals surface area contributed by atoms with Crippen LogP contribution in [0.25, 0.3) is 0 Å². The monoisotopic (exact) mass is 298 g/mol. The molecule has 1 aliphatic rings. The Morgan fingerprint density at radius 3 is 1.76 bits per heavy atom. The van der Waals surface area contributed by atoms with Crippen LogP contribution < -0.4 is 0 Å². The summed E-state index contributed by atoms with van der Waals surface area (Å²) in [4.78, 5) is 58.3. The van der Waals surface area contributed by atoms with Crippen molar-refractivity contribution < 1.29 is 43.7 Å². The highest BCUT2D eigenvalue weighted by Gasteiger charge is 2.62. The third kappa shape index (κ3) is 2.18. The number of allylic oxidation sites excluding steroid dienone is 1. The summed E-state index contributed by atoms with van der Waals surface area (Å²) < 4.78 is 8.62.